The number of ether oxygens (including phenoxy) is 2. The van der Waals surface area contributed by atoms with Crippen LogP contribution in [0.4, 0.5) is 0 Å². The standard InChI is InChI=1S/C12H13Cl3N2O3/c1-17-10(16-11(20-17)12(13,14)15)8-5-4-7(18-2)6-9(8)19-3/h4-6,10H,1-3H3. The van der Waals surface area contributed by atoms with Gasteiger partial charge in [0.15, 0.2) is 6.17 Å². The quantitative estimate of drug-likeness (QED) is 0.792. The van der Waals surface area contributed by atoms with Crippen molar-refractivity contribution in [2.75, 3.05) is 21.3 Å². The van der Waals surface area contributed by atoms with Crippen LogP contribution >= 0.6 is 34.8 Å². The Morgan fingerprint density at radius 1 is 1.25 bits per heavy atom. The Kier molecular flexibility index (Phi) is 4.54. The first-order valence-corrected chi connectivity index (χ1v) is 6.78. The molecule has 0 aliphatic carbocycles. The molecule has 1 aromatic rings. The van der Waals surface area contributed by atoms with Gasteiger partial charge in [-0.15, -0.1) is 5.06 Å². The van der Waals surface area contributed by atoms with Crippen molar-refractivity contribution in [2.45, 2.75) is 9.96 Å². The number of alkyl halides is 3. The van der Waals surface area contributed by atoms with Crippen LogP contribution in [0.1, 0.15) is 11.7 Å². The Morgan fingerprint density at radius 3 is 2.45 bits per heavy atom. The van der Waals surface area contributed by atoms with E-state index in [1.54, 1.807) is 33.4 Å². The largest absolute Gasteiger partial charge is 0.497 e. The van der Waals surface area contributed by atoms with Crippen molar-refractivity contribution in [1.29, 1.82) is 0 Å². The lowest BCUT2D eigenvalue weighted by Gasteiger charge is -2.19. The van der Waals surface area contributed by atoms with E-state index in [0.29, 0.717) is 11.5 Å². The molecule has 1 aromatic carbocycles. The van der Waals surface area contributed by atoms with E-state index < -0.39 is 9.96 Å². The minimum absolute atomic E-state index is 0.0212. The highest BCUT2D eigenvalue weighted by atomic mass is 35.6. The first-order chi connectivity index (χ1) is 9.36. The van der Waals surface area contributed by atoms with Gasteiger partial charge in [0.2, 0.25) is 0 Å². The summed E-state index contributed by atoms with van der Waals surface area (Å²) in [7, 11) is 4.84. The van der Waals surface area contributed by atoms with Gasteiger partial charge in [-0.3, -0.25) is 0 Å². The predicted molar refractivity (Wildman–Crippen MR) is 78.9 cm³/mol. The fourth-order valence-electron chi connectivity index (χ4n) is 1.82. The van der Waals surface area contributed by atoms with Crippen molar-refractivity contribution in [3.05, 3.63) is 23.8 Å². The molecular formula is C12H13Cl3N2O3. The molecule has 0 bridgehead atoms. The summed E-state index contributed by atoms with van der Waals surface area (Å²) in [4.78, 5) is 9.63. The van der Waals surface area contributed by atoms with Gasteiger partial charge in [0, 0.05) is 18.7 Å². The van der Waals surface area contributed by atoms with E-state index in [-0.39, 0.29) is 5.90 Å². The maximum Gasteiger partial charge on any atom is 0.268 e. The van der Waals surface area contributed by atoms with Crippen LogP contribution < -0.4 is 9.47 Å². The van der Waals surface area contributed by atoms with E-state index in [2.05, 4.69) is 4.99 Å². The topological polar surface area (TPSA) is 43.3 Å². The lowest BCUT2D eigenvalue weighted by atomic mass is 10.1. The van der Waals surface area contributed by atoms with Crippen LogP contribution in [0.2, 0.25) is 0 Å². The van der Waals surface area contributed by atoms with Gasteiger partial charge in [0.1, 0.15) is 11.5 Å². The number of hydroxylamine groups is 2. The molecule has 0 N–H and O–H groups in total. The van der Waals surface area contributed by atoms with Gasteiger partial charge >= 0.3 is 0 Å². The van der Waals surface area contributed by atoms with Crippen LogP contribution in [-0.2, 0) is 4.84 Å². The van der Waals surface area contributed by atoms with Crippen LogP contribution in [0, 0.1) is 0 Å². The molecule has 1 atom stereocenters. The summed E-state index contributed by atoms with van der Waals surface area (Å²) in [6, 6.07) is 5.38. The zero-order valence-electron chi connectivity index (χ0n) is 11.1. The lowest BCUT2D eigenvalue weighted by molar-refractivity contribution is -0.0596. The molecular weight excluding hydrogens is 327 g/mol. The monoisotopic (exact) mass is 338 g/mol. The molecule has 1 aliphatic heterocycles. The molecule has 0 saturated carbocycles. The van der Waals surface area contributed by atoms with Crippen molar-refractivity contribution < 1.29 is 14.3 Å². The van der Waals surface area contributed by atoms with Gasteiger partial charge in [-0.1, -0.05) is 34.8 Å². The SMILES string of the molecule is COc1ccc(C2N=C(C(Cl)(Cl)Cl)ON2C)c(OC)c1. The molecule has 0 radical (unpaired) electrons. The third-order valence-electron chi connectivity index (χ3n) is 2.78. The van der Waals surface area contributed by atoms with E-state index in [0.717, 1.165) is 5.56 Å². The van der Waals surface area contributed by atoms with Crippen LogP contribution in [0.15, 0.2) is 23.2 Å². The molecule has 110 valence electrons. The number of halogens is 3. The molecule has 0 fully saturated rings. The molecule has 0 aromatic heterocycles. The van der Waals surface area contributed by atoms with Crippen LogP contribution in [0.5, 0.6) is 11.5 Å². The molecule has 20 heavy (non-hydrogen) atoms. The van der Waals surface area contributed by atoms with Gasteiger partial charge in [0.25, 0.3) is 9.69 Å². The highest BCUT2D eigenvalue weighted by Gasteiger charge is 2.39. The number of methoxy groups -OCH3 is 2. The van der Waals surface area contributed by atoms with E-state index >= 15 is 0 Å². The maximum atomic E-state index is 5.78. The number of hydrogen-bond acceptors (Lipinski definition) is 5. The Balaban J connectivity index is 2.38. The van der Waals surface area contributed by atoms with E-state index in [4.69, 9.17) is 49.1 Å². The van der Waals surface area contributed by atoms with Gasteiger partial charge in [-0.25, -0.2) is 4.99 Å². The Labute approximate surface area is 131 Å². The highest BCUT2D eigenvalue weighted by molar-refractivity contribution is 6.76. The number of rotatable bonds is 3. The van der Waals surface area contributed by atoms with Crippen molar-refractivity contribution in [2.24, 2.45) is 4.99 Å². The summed E-state index contributed by atoms with van der Waals surface area (Å²) in [5.41, 5.74) is 0.778. The first-order valence-electron chi connectivity index (χ1n) is 5.64. The summed E-state index contributed by atoms with van der Waals surface area (Å²) in [5, 5.41) is 1.49. The molecule has 1 heterocycles. The van der Waals surface area contributed by atoms with Crippen LogP contribution in [-0.4, -0.2) is 36.0 Å². The Hall–Kier alpha value is -0.880. The minimum Gasteiger partial charge on any atom is -0.497 e. The molecule has 1 aliphatic rings. The van der Waals surface area contributed by atoms with E-state index in [9.17, 15) is 0 Å². The molecule has 0 amide bonds. The second kappa shape index (κ2) is 5.85. The summed E-state index contributed by atoms with van der Waals surface area (Å²) < 4.78 is 8.79. The lowest BCUT2D eigenvalue weighted by Crippen LogP contribution is -2.24. The zero-order chi connectivity index (χ0) is 14.9. The molecule has 1 unspecified atom stereocenters. The van der Waals surface area contributed by atoms with Crippen molar-refractivity contribution in [3.63, 3.8) is 0 Å². The average molecular weight is 340 g/mol. The average Bonchev–Trinajstić information content (AvgIpc) is 2.80. The van der Waals surface area contributed by atoms with Crippen LogP contribution in [0.25, 0.3) is 0 Å². The predicted octanol–water partition coefficient (Wildman–Crippen LogP) is 3.35. The molecule has 0 saturated heterocycles. The Bertz CT molecular complexity index is 531. The number of nitrogens with zero attached hydrogens (tertiary/aromatic N) is 2. The van der Waals surface area contributed by atoms with Crippen molar-refractivity contribution in [3.8, 4) is 11.5 Å². The van der Waals surface area contributed by atoms with Gasteiger partial charge < -0.3 is 14.3 Å². The van der Waals surface area contributed by atoms with Crippen molar-refractivity contribution in [1.82, 2.24) is 5.06 Å². The molecule has 2 rings (SSSR count). The summed E-state index contributed by atoms with van der Waals surface area (Å²) in [6.07, 6.45) is -0.457. The zero-order valence-corrected chi connectivity index (χ0v) is 13.3. The number of hydrogen-bond donors (Lipinski definition) is 0. The third-order valence-corrected chi connectivity index (χ3v) is 3.26. The van der Waals surface area contributed by atoms with Gasteiger partial charge in [-0.2, -0.15) is 0 Å². The second-order valence-electron chi connectivity index (χ2n) is 4.05. The number of benzene rings is 1. The van der Waals surface area contributed by atoms with Crippen molar-refractivity contribution >= 4 is 40.7 Å². The summed E-state index contributed by atoms with van der Waals surface area (Å²) in [5.74, 6) is 1.31. The second-order valence-corrected chi connectivity index (χ2v) is 6.33. The molecule has 5 nitrogen and oxygen atoms in total. The third kappa shape index (κ3) is 3.06. The minimum atomic E-state index is -1.71. The molecule has 0 spiro atoms. The molecule has 8 heteroatoms. The fourth-order valence-corrected chi connectivity index (χ4v) is 2.07. The normalized spacial score (nSPS) is 19.5. The van der Waals surface area contributed by atoms with Crippen LogP contribution in [0.3, 0.4) is 0 Å². The van der Waals surface area contributed by atoms with Gasteiger partial charge in [-0.05, 0) is 12.1 Å². The first kappa shape index (κ1) is 15.5. The maximum absolute atomic E-state index is 5.78. The highest BCUT2D eigenvalue weighted by Crippen LogP contribution is 2.39. The Morgan fingerprint density at radius 2 is 1.95 bits per heavy atom. The summed E-state index contributed by atoms with van der Waals surface area (Å²) in [6.45, 7) is 0. The van der Waals surface area contributed by atoms with E-state index in [1.807, 2.05) is 6.07 Å². The van der Waals surface area contributed by atoms with Gasteiger partial charge in [0.05, 0.1) is 14.2 Å². The number of aliphatic imine (C=N–C) groups is 1. The summed E-state index contributed by atoms with van der Waals surface area (Å²) >= 11 is 17.3. The smallest absolute Gasteiger partial charge is 0.268 e. The fraction of sp³-hybridized carbons (Fsp3) is 0.417. The van der Waals surface area contributed by atoms with E-state index in [1.165, 1.54) is 5.06 Å².